The van der Waals surface area contributed by atoms with Crippen LogP contribution in [-0.4, -0.2) is 43.8 Å². The molecule has 6 heteroatoms. The van der Waals surface area contributed by atoms with E-state index in [-0.39, 0.29) is 24.0 Å². The molecule has 1 atom stereocenters. The number of ether oxygens (including phenoxy) is 2. The van der Waals surface area contributed by atoms with E-state index in [9.17, 15) is 14.4 Å². The lowest BCUT2D eigenvalue weighted by molar-refractivity contribution is -0.152. The number of hydrogen-bond donors (Lipinski definition) is 0. The highest BCUT2D eigenvalue weighted by Gasteiger charge is 2.51. The predicted molar refractivity (Wildman–Crippen MR) is 81.8 cm³/mol. The molecular formula is C17H19NO5. The maximum absolute atomic E-state index is 12.9. The highest BCUT2D eigenvalue weighted by Crippen LogP contribution is 2.47. The van der Waals surface area contributed by atoms with Crippen LogP contribution in [-0.2, 0) is 15.0 Å². The van der Waals surface area contributed by atoms with Crippen LogP contribution in [0.25, 0.3) is 0 Å². The molecule has 6 nitrogen and oxygen atoms in total. The summed E-state index contributed by atoms with van der Waals surface area (Å²) < 4.78 is 10.6. The maximum atomic E-state index is 12.9. The minimum Gasteiger partial charge on any atom is -0.493 e. The van der Waals surface area contributed by atoms with Gasteiger partial charge >= 0.3 is 0 Å². The van der Waals surface area contributed by atoms with E-state index < -0.39 is 5.41 Å². The Bertz CT molecular complexity index is 711. The Hall–Kier alpha value is -2.37. The standard InChI is InChI=1S/C17H19NO5/c1-18-15(20)5-7-17(16(18)21)6-4-12(19)10-8-13(22-2)14(23-3)9-11(10)17/h8-9H,4-7H2,1-3H3. The van der Waals surface area contributed by atoms with E-state index in [4.69, 9.17) is 9.47 Å². The van der Waals surface area contributed by atoms with Gasteiger partial charge in [0, 0.05) is 25.5 Å². The number of likely N-dealkylation sites (tertiary alicyclic amines) is 1. The summed E-state index contributed by atoms with van der Waals surface area (Å²) in [6.07, 6.45) is 1.43. The number of benzene rings is 1. The molecular weight excluding hydrogens is 298 g/mol. The molecule has 23 heavy (non-hydrogen) atoms. The first kappa shape index (κ1) is 15.5. The fourth-order valence-corrected chi connectivity index (χ4v) is 3.61. The fraction of sp³-hybridized carbons (Fsp3) is 0.471. The zero-order valence-electron chi connectivity index (χ0n) is 13.5. The van der Waals surface area contributed by atoms with Gasteiger partial charge in [0.1, 0.15) is 0 Å². The number of amides is 2. The van der Waals surface area contributed by atoms with Crippen LogP contribution in [0.5, 0.6) is 11.5 Å². The first-order chi connectivity index (χ1) is 10.9. The summed E-state index contributed by atoms with van der Waals surface area (Å²) in [5.74, 6) is 0.505. The Labute approximate surface area is 134 Å². The Morgan fingerprint density at radius 2 is 1.61 bits per heavy atom. The molecule has 1 saturated heterocycles. The third kappa shape index (κ3) is 2.12. The van der Waals surface area contributed by atoms with Crippen molar-refractivity contribution in [3.8, 4) is 11.5 Å². The second-order valence-corrected chi connectivity index (χ2v) is 6.02. The molecule has 0 N–H and O–H groups in total. The van der Waals surface area contributed by atoms with Gasteiger partial charge in [-0.25, -0.2) is 0 Å². The molecule has 1 spiro atoms. The summed E-state index contributed by atoms with van der Waals surface area (Å²) in [6.45, 7) is 0. The van der Waals surface area contributed by atoms with Crippen molar-refractivity contribution in [1.29, 1.82) is 0 Å². The zero-order chi connectivity index (χ0) is 16.8. The van der Waals surface area contributed by atoms with Crippen LogP contribution < -0.4 is 9.47 Å². The lowest BCUT2D eigenvalue weighted by Crippen LogP contribution is -2.54. The highest BCUT2D eigenvalue weighted by molar-refractivity contribution is 6.08. The predicted octanol–water partition coefficient (Wildman–Crippen LogP) is 1.70. The van der Waals surface area contributed by atoms with Gasteiger partial charge in [-0.15, -0.1) is 0 Å². The highest BCUT2D eigenvalue weighted by atomic mass is 16.5. The zero-order valence-corrected chi connectivity index (χ0v) is 13.5. The molecule has 1 aromatic rings. The van der Waals surface area contributed by atoms with E-state index in [2.05, 4.69) is 0 Å². The number of carbonyl (C=O) groups excluding carboxylic acids is 3. The van der Waals surface area contributed by atoms with Crippen LogP contribution in [0.2, 0.25) is 0 Å². The van der Waals surface area contributed by atoms with Crippen LogP contribution >= 0.6 is 0 Å². The smallest absolute Gasteiger partial charge is 0.239 e. The van der Waals surface area contributed by atoms with Crippen molar-refractivity contribution in [1.82, 2.24) is 4.90 Å². The van der Waals surface area contributed by atoms with E-state index in [1.54, 1.807) is 12.1 Å². The van der Waals surface area contributed by atoms with Crippen LogP contribution in [0.4, 0.5) is 0 Å². The molecule has 1 aliphatic carbocycles. The second kappa shape index (κ2) is 5.37. The average molecular weight is 317 g/mol. The number of likely N-dealkylation sites (N-methyl/N-ethyl adjacent to an activating group) is 1. The summed E-state index contributed by atoms with van der Waals surface area (Å²) in [5, 5.41) is 0. The minimum absolute atomic E-state index is 0.0149. The minimum atomic E-state index is -0.828. The van der Waals surface area contributed by atoms with Crippen molar-refractivity contribution in [2.75, 3.05) is 21.3 Å². The summed E-state index contributed by atoms with van der Waals surface area (Å²) >= 11 is 0. The van der Waals surface area contributed by atoms with Gasteiger partial charge in [0.2, 0.25) is 11.8 Å². The third-order valence-corrected chi connectivity index (χ3v) is 4.97. The Balaban J connectivity index is 2.21. The molecule has 0 aromatic heterocycles. The van der Waals surface area contributed by atoms with Crippen molar-refractivity contribution in [3.05, 3.63) is 23.3 Å². The summed E-state index contributed by atoms with van der Waals surface area (Å²) in [5.41, 5.74) is 0.312. The third-order valence-electron chi connectivity index (χ3n) is 4.97. The number of methoxy groups -OCH3 is 2. The molecule has 1 fully saturated rings. The van der Waals surface area contributed by atoms with Crippen molar-refractivity contribution < 1.29 is 23.9 Å². The number of ketones is 1. The molecule has 2 aliphatic rings. The number of hydrogen-bond acceptors (Lipinski definition) is 5. The molecule has 3 rings (SSSR count). The van der Waals surface area contributed by atoms with E-state index in [1.165, 1.54) is 26.2 Å². The Kier molecular flexibility index (Phi) is 3.62. The van der Waals surface area contributed by atoms with E-state index in [0.29, 0.717) is 41.9 Å². The molecule has 1 aromatic carbocycles. The number of fused-ring (bicyclic) bond motifs is 2. The quantitative estimate of drug-likeness (QED) is 0.776. The molecule has 1 heterocycles. The number of imide groups is 1. The Morgan fingerprint density at radius 3 is 2.26 bits per heavy atom. The van der Waals surface area contributed by atoms with Gasteiger partial charge in [0.15, 0.2) is 17.3 Å². The van der Waals surface area contributed by atoms with E-state index >= 15 is 0 Å². The topological polar surface area (TPSA) is 72.9 Å². The molecule has 0 saturated carbocycles. The van der Waals surface area contributed by atoms with Crippen LogP contribution in [0.1, 0.15) is 41.6 Å². The Morgan fingerprint density at radius 1 is 1.00 bits per heavy atom. The van der Waals surface area contributed by atoms with Crippen molar-refractivity contribution in [2.45, 2.75) is 31.1 Å². The van der Waals surface area contributed by atoms with Gasteiger partial charge in [-0.2, -0.15) is 0 Å². The monoisotopic (exact) mass is 317 g/mol. The van der Waals surface area contributed by atoms with Gasteiger partial charge in [-0.3, -0.25) is 19.3 Å². The fourth-order valence-electron chi connectivity index (χ4n) is 3.61. The van der Waals surface area contributed by atoms with Crippen molar-refractivity contribution in [2.24, 2.45) is 0 Å². The summed E-state index contributed by atoms with van der Waals surface area (Å²) in [6, 6.07) is 3.36. The molecule has 0 radical (unpaired) electrons. The molecule has 1 aliphatic heterocycles. The SMILES string of the molecule is COc1cc2c(cc1OC)C1(CCC2=O)CCC(=O)N(C)C1=O. The maximum Gasteiger partial charge on any atom is 0.239 e. The lowest BCUT2D eigenvalue weighted by Gasteiger charge is -2.42. The number of carbonyl (C=O) groups is 3. The number of nitrogens with zero attached hydrogens (tertiary/aromatic N) is 1. The van der Waals surface area contributed by atoms with Crippen LogP contribution in [0.15, 0.2) is 12.1 Å². The molecule has 0 bridgehead atoms. The number of Topliss-reactive ketones (excluding diaryl/α,β-unsaturated/α-hetero) is 1. The molecule has 2 amide bonds. The van der Waals surface area contributed by atoms with E-state index in [1.807, 2.05) is 0 Å². The first-order valence-corrected chi connectivity index (χ1v) is 7.55. The van der Waals surface area contributed by atoms with Crippen LogP contribution in [0, 0.1) is 0 Å². The normalized spacial score (nSPS) is 24.0. The molecule has 122 valence electrons. The first-order valence-electron chi connectivity index (χ1n) is 7.55. The second-order valence-electron chi connectivity index (χ2n) is 6.02. The van der Waals surface area contributed by atoms with Gasteiger partial charge < -0.3 is 9.47 Å². The largest absolute Gasteiger partial charge is 0.493 e. The number of rotatable bonds is 2. The van der Waals surface area contributed by atoms with Gasteiger partial charge in [-0.05, 0) is 30.5 Å². The summed E-state index contributed by atoms with van der Waals surface area (Å²) in [7, 11) is 4.52. The van der Waals surface area contributed by atoms with Gasteiger partial charge in [0.25, 0.3) is 0 Å². The average Bonchev–Trinajstić information content (AvgIpc) is 2.57. The lowest BCUT2D eigenvalue weighted by atomic mass is 9.64. The van der Waals surface area contributed by atoms with Crippen LogP contribution in [0.3, 0.4) is 0 Å². The number of piperidine rings is 1. The summed E-state index contributed by atoms with van der Waals surface area (Å²) in [4.78, 5) is 38.2. The van der Waals surface area contributed by atoms with Gasteiger partial charge in [0.05, 0.1) is 19.6 Å². The van der Waals surface area contributed by atoms with Crippen molar-refractivity contribution >= 4 is 17.6 Å². The van der Waals surface area contributed by atoms with E-state index in [0.717, 1.165) is 0 Å². The van der Waals surface area contributed by atoms with Gasteiger partial charge in [-0.1, -0.05) is 0 Å². The van der Waals surface area contributed by atoms with Crippen molar-refractivity contribution in [3.63, 3.8) is 0 Å². The molecule has 1 unspecified atom stereocenters.